The van der Waals surface area contributed by atoms with Gasteiger partial charge in [-0.3, -0.25) is 0 Å². The maximum Gasteiger partial charge on any atom is 0.230 e. The maximum atomic E-state index is 6.26. The lowest BCUT2D eigenvalue weighted by Crippen LogP contribution is -1.97. The van der Waals surface area contributed by atoms with Gasteiger partial charge >= 0.3 is 0 Å². The molecule has 100 valence electrons. The normalized spacial score (nSPS) is 16.1. The van der Waals surface area contributed by atoms with Crippen molar-refractivity contribution in [2.24, 2.45) is 0 Å². The number of halogens is 2. The highest BCUT2D eigenvalue weighted by Crippen LogP contribution is 2.43. The van der Waals surface area contributed by atoms with Crippen LogP contribution in [0.15, 0.2) is 22.7 Å². The van der Waals surface area contributed by atoms with E-state index in [-0.39, 0.29) is 0 Å². The van der Waals surface area contributed by atoms with Crippen molar-refractivity contribution < 1.29 is 4.52 Å². The summed E-state index contributed by atoms with van der Waals surface area (Å²) in [5, 5.41) is 5.32. The Kier molecular flexibility index (Phi) is 3.42. The topological polar surface area (TPSA) is 52.0 Å². The van der Waals surface area contributed by atoms with Gasteiger partial charge in [0.05, 0.1) is 16.3 Å². The molecule has 3 rings (SSSR count). The summed E-state index contributed by atoms with van der Waals surface area (Å²) < 4.78 is 5.18. The van der Waals surface area contributed by atoms with E-state index in [1.807, 2.05) is 6.07 Å². The molecule has 0 bridgehead atoms. The van der Waals surface area contributed by atoms with Gasteiger partial charge in [0.15, 0.2) is 0 Å². The number of hydrogen-bond acceptors (Lipinski definition) is 3. The first-order valence-corrected chi connectivity index (χ1v) is 7.13. The van der Waals surface area contributed by atoms with Crippen LogP contribution in [0.1, 0.15) is 37.3 Å². The number of hydrogen-bond donors (Lipinski definition) is 1. The predicted molar refractivity (Wildman–Crippen MR) is 77.6 cm³/mol. The van der Waals surface area contributed by atoms with Crippen molar-refractivity contribution in [3.05, 3.63) is 33.9 Å². The molecule has 0 amide bonds. The Morgan fingerprint density at radius 3 is 2.63 bits per heavy atom. The molecule has 0 radical (unpaired) electrons. The highest BCUT2D eigenvalue weighted by molar-refractivity contribution is 6.36. The van der Waals surface area contributed by atoms with Crippen LogP contribution in [0.25, 0.3) is 11.1 Å². The van der Waals surface area contributed by atoms with Crippen LogP contribution in [-0.4, -0.2) is 5.16 Å². The number of benzene rings is 1. The third kappa shape index (κ3) is 2.33. The Labute approximate surface area is 121 Å². The fourth-order valence-corrected chi connectivity index (χ4v) is 3.26. The number of aromatic nitrogens is 1. The summed E-state index contributed by atoms with van der Waals surface area (Å²) in [5.41, 5.74) is 8.52. The molecule has 2 N–H and O–H groups in total. The van der Waals surface area contributed by atoms with E-state index in [0.29, 0.717) is 21.8 Å². The zero-order valence-corrected chi connectivity index (χ0v) is 11.8. The second kappa shape index (κ2) is 5.06. The molecule has 1 aliphatic rings. The van der Waals surface area contributed by atoms with Gasteiger partial charge in [-0.05, 0) is 25.0 Å². The molecule has 0 saturated heterocycles. The first-order chi connectivity index (χ1) is 9.16. The van der Waals surface area contributed by atoms with Crippen LogP contribution in [-0.2, 0) is 0 Å². The molecule has 1 heterocycles. The van der Waals surface area contributed by atoms with Gasteiger partial charge in [0.1, 0.15) is 0 Å². The van der Waals surface area contributed by atoms with Gasteiger partial charge in [0.2, 0.25) is 5.88 Å². The molecule has 2 aromatic rings. The van der Waals surface area contributed by atoms with E-state index in [1.54, 1.807) is 12.1 Å². The average Bonchev–Trinajstić information content (AvgIpc) is 2.99. The van der Waals surface area contributed by atoms with Crippen molar-refractivity contribution >= 4 is 29.1 Å². The molecule has 1 saturated carbocycles. The third-order valence-electron chi connectivity index (χ3n) is 3.69. The summed E-state index contributed by atoms with van der Waals surface area (Å²) in [6.45, 7) is 0. The summed E-state index contributed by atoms with van der Waals surface area (Å²) >= 11 is 12.2. The van der Waals surface area contributed by atoms with E-state index in [2.05, 4.69) is 5.16 Å². The van der Waals surface area contributed by atoms with Crippen molar-refractivity contribution in [1.29, 1.82) is 0 Å². The number of nitrogen functional groups attached to an aromatic ring is 1. The molecule has 0 unspecified atom stereocenters. The van der Waals surface area contributed by atoms with E-state index in [9.17, 15) is 0 Å². The van der Waals surface area contributed by atoms with Crippen LogP contribution in [0.4, 0.5) is 5.88 Å². The van der Waals surface area contributed by atoms with Gasteiger partial charge in [0.25, 0.3) is 0 Å². The minimum Gasteiger partial charge on any atom is -0.367 e. The fraction of sp³-hybridized carbons (Fsp3) is 0.357. The Hall–Kier alpha value is -1.19. The predicted octanol–water partition coefficient (Wildman–Crippen LogP) is 4.89. The van der Waals surface area contributed by atoms with Crippen molar-refractivity contribution in [2.75, 3.05) is 5.73 Å². The van der Waals surface area contributed by atoms with Gasteiger partial charge in [0, 0.05) is 16.5 Å². The molecule has 1 fully saturated rings. The average molecular weight is 297 g/mol. The minimum atomic E-state index is 0.325. The van der Waals surface area contributed by atoms with Crippen molar-refractivity contribution in [1.82, 2.24) is 5.16 Å². The Morgan fingerprint density at radius 1 is 1.21 bits per heavy atom. The van der Waals surface area contributed by atoms with Crippen molar-refractivity contribution in [2.45, 2.75) is 31.6 Å². The van der Waals surface area contributed by atoms with Gasteiger partial charge in [-0.25, -0.2) is 0 Å². The van der Waals surface area contributed by atoms with Crippen LogP contribution in [0.2, 0.25) is 10.0 Å². The first kappa shape index (κ1) is 12.8. The molecule has 0 spiro atoms. The highest BCUT2D eigenvalue weighted by atomic mass is 35.5. The van der Waals surface area contributed by atoms with Gasteiger partial charge in [-0.15, -0.1) is 0 Å². The summed E-state index contributed by atoms with van der Waals surface area (Å²) in [7, 11) is 0. The Morgan fingerprint density at radius 2 is 1.95 bits per heavy atom. The lowest BCUT2D eigenvalue weighted by atomic mass is 9.95. The van der Waals surface area contributed by atoms with E-state index in [0.717, 1.165) is 29.7 Å². The molecule has 0 aliphatic heterocycles. The molecule has 19 heavy (non-hydrogen) atoms. The van der Waals surface area contributed by atoms with Gasteiger partial charge < -0.3 is 10.3 Å². The molecule has 1 aromatic heterocycles. The molecular weight excluding hydrogens is 283 g/mol. The molecule has 3 nitrogen and oxygen atoms in total. The number of nitrogens with two attached hydrogens (primary N) is 1. The number of rotatable bonds is 2. The van der Waals surface area contributed by atoms with Gasteiger partial charge in [-0.2, -0.15) is 0 Å². The fourth-order valence-electron chi connectivity index (χ4n) is 2.76. The zero-order chi connectivity index (χ0) is 13.4. The van der Waals surface area contributed by atoms with Crippen LogP contribution < -0.4 is 5.73 Å². The molecule has 1 aliphatic carbocycles. The SMILES string of the molecule is Nc1onc(C2CCCC2)c1-c1ccc(Cl)cc1Cl. The first-order valence-electron chi connectivity index (χ1n) is 6.37. The molecule has 5 heteroatoms. The maximum absolute atomic E-state index is 6.26. The van der Waals surface area contributed by atoms with Crippen LogP contribution in [0.5, 0.6) is 0 Å². The standard InChI is InChI=1S/C14H14Cl2N2O/c15-9-5-6-10(11(16)7-9)12-13(18-19-14(12)17)8-3-1-2-4-8/h5-8H,1-4,17H2. The van der Waals surface area contributed by atoms with Crippen molar-refractivity contribution in [3.63, 3.8) is 0 Å². The van der Waals surface area contributed by atoms with Crippen LogP contribution in [0.3, 0.4) is 0 Å². The van der Waals surface area contributed by atoms with Crippen molar-refractivity contribution in [3.8, 4) is 11.1 Å². The Bertz CT molecular complexity index is 603. The largest absolute Gasteiger partial charge is 0.367 e. The number of anilines is 1. The summed E-state index contributed by atoms with van der Waals surface area (Å²) in [6.07, 6.45) is 4.71. The van der Waals surface area contributed by atoms with E-state index in [4.69, 9.17) is 33.5 Å². The lowest BCUT2D eigenvalue weighted by Gasteiger charge is -2.09. The number of nitrogens with zero attached hydrogens (tertiary/aromatic N) is 1. The molecule has 1 aromatic carbocycles. The Balaban J connectivity index is 2.10. The van der Waals surface area contributed by atoms with E-state index in [1.165, 1.54) is 12.8 Å². The quantitative estimate of drug-likeness (QED) is 0.858. The van der Waals surface area contributed by atoms with E-state index >= 15 is 0 Å². The monoisotopic (exact) mass is 296 g/mol. The zero-order valence-electron chi connectivity index (χ0n) is 10.3. The van der Waals surface area contributed by atoms with Crippen LogP contribution in [0, 0.1) is 0 Å². The second-order valence-corrected chi connectivity index (χ2v) is 5.76. The lowest BCUT2D eigenvalue weighted by molar-refractivity contribution is 0.420. The minimum absolute atomic E-state index is 0.325. The van der Waals surface area contributed by atoms with E-state index < -0.39 is 0 Å². The van der Waals surface area contributed by atoms with Crippen LogP contribution >= 0.6 is 23.2 Å². The molecule has 0 atom stereocenters. The molecular formula is C14H14Cl2N2O. The van der Waals surface area contributed by atoms with Gasteiger partial charge in [-0.1, -0.05) is 47.3 Å². The third-order valence-corrected chi connectivity index (χ3v) is 4.24. The summed E-state index contributed by atoms with van der Waals surface area (Å²) in [4.78, 5) is 0. The summed E-state index contributed by atoms with van der Waals surface area (Å²) in [6, 6.07) is 5.38. The summed E-state index contributed by atoms with van der Waals surface area (Å²) in [5.74, 6) is 0.744. The smallest absolute Gasteiger partial charge is 0.230 e. The highest BCUT2D eigenvalue weighted by Gasteiger charge is 2.27. The second-order valence-electron chi connectivity index (χ2n) is 4.91.